The van der Waals surface area contributed by atoms with Crippen molar-refractivity contribution in [2.24, 2.45) is 0 Å². The summed E-state index contributed by atoms with van der Waals surface area (Å²) in [5.41, 5.74) is 2.56. The second-order valence-corrected chi connectivity index (χ2v) is 4.52. The normalized spacial score (nSPS) is 10.3. The van der Waals surface area contributed by atoms with Crippen LogP contribution in [0.15, 0.2) is 42.5 Å². The highest BCUT2D eigenvalue weighted by molar-refractivity contribution is 6.17. The monoisotopic (exact) mass is 277 g/mol. The third kappa shape index (κ3) is 3.32. The van der Waals surface area contributed by atoms with Gasteiger partial charge in [-0.15, -0.1) is 11.6 Å². The Morgan fingerprint density at radius 3 is 2.47 bits per heavy atom. The molecule has 0 saturated heterocycles. The zero-order chi connectivity index (χ0) is 13.8. The van der Waals surface area contributed by atoms with E-state index in [1.54, 1.807) is 37.3 Å². The van der Waals surface area contributed by atoms with Crippen LogP contribution in [0.4, 0.5) is 10.1 Å². The molecule has 0 aliphatic heterocycles. The molecule has 0 aliphatic rings. The van der Waals surface area contributed by atoms with Crippen LogP contribution < -0.4 is 5.32 Å². The summed E-state index contributed by atoms with van der Waals surface area (Å²) in [6, 6.07) is 11.5. The van der Waals surface area contributed by atoms with Crippen molar-refractivity contribution in [3.63, 3.8) is 0 Å². The van der Waals surface area contributed by atoms with Crippen LogP contribution in [0, 0.1) is 12.7 Å². The largest absolute Gasteiger partial charge is 0.322 e. The van der Waals surface area contributed by atoms with Gasteiger partial charge in [0.15, 0.2) is 0 Å². The second-order valence-electron chi connectivity index (χ2n) is 4.25. The average molecular weight is 278 g/mol. The van der Waals surface area contributed by atoms with Gasteiger partial charge in [-0.25, -0.2) is 4.39 Å². The highest BCUT2D eigenvalue weighted by atomic mass is 35.5. The van der Waals surface area contributed by atoms with E-state index in [1.807, 2.05) is 0 Å². The molecule has 4 heteroatoms. The van der Waals surface area contributed by atoms with E-state index in [-0.39, 0.29) is 11.7 Å². The topological polar surface area (TPSA) is 29.1 Å². The summed E-state index contributed by atoms with van der Waals surface area (Å²) >= 11 is 5.68. The van der Waals surface area contributed by atoms with Crippen LogP contribution in [0.1, 0.15) is 21.5 Å². The Labute approximate surface area is 116 Å². The molecule has 0 heterocycles. The number of hydrogen-bond acceptors (Lipinski definition) is 1. The standard InChI is InChI=1S/C15H13ClFNO/c1-10-8-13(6-7-14(10)17)18-15(19)12-4-2-11(9-16)3-5-12/h2-8H,9H2,1H3,(H,18,19). The first-order chi connectivity index (χ1) is 9.10. The van der Waals surface area contributed by atoms with Gasteiger partial charge in [-0.2, -0.15) is 0 Å². The fourth-order valence-electron chi connectivity index (χ4n) is 1.67. The predicted octanol–water partition coefficient (Wildman–Crippen LogP) is 4.13. The van der Waals surface area contributed by atoms with Crippen molar-refractivity contribution in [3.8, 4) is 0 Å². The molecule has 0 bridgehead atoms. The maximum absolute atomic E-state index is 13.1. The lowest BCUT2D eigenvalue weighted by Gasteiger charge is -2.07. The smallest absolute Gasteiger partial charge is 0.255 e. The van der Waals surface area contributed by atoms with Crippen molar-refractivity contribution in [2.75, 3.05) is 5.32 Å². The van der Waals surface area contributed by atoms with Crippen LogP contribution in [-0.4, -0.2) is 5.91 Å². The molecule has 0 radical (unpaired) electrons. The second kappa shape index (κ2) is 5.85. The minimum absolute atomic E-state index is 0.230. The highest BCUT2D eigenvalue weighted by Gasteiger charge is 2.07. The molecule has 1 N–H and O–H groups in total. The van der Waals surface area contributed by atoms with Crippen molar-refractivity contribution < 1.29 is 9.18 Å². The average Bonchev–Trinajstić information content (AvgIpc) is 2.43. The molecule has 0 atom stereocenters. The van der Waals surface area contributed by atoms with Gasteiger partial charge in [0.2, 0.25) is 0 Å². The number of amides is 1. The molecule has 0 aliphatic carbocycles. The summed E-state index contributed by atoms with van der Waals surface area (Å²) in [6.45, 7) is 1.65. The van der Waals surface area contributed by atoms with Crippen LogP contribution in [-0.2, 0) is 5.88 Å². The summed E-state index contributed by atoms with van der Waals surface area (Å²) < 4.78 is 13.1. The van der Waals surface area contributed by atoms with Gasteiger partial charge in [-0.05, 0) is 48.4 Å². The number of aryl methyl sites for hydroxylation is 1. The SMILES string of the molecule is Cc1cc(NC(=O)c2ccc(CCl)cc2)ccc1F. The van der Waals surface area contributed by atoms with E-state index in [1.165, 1.54) is 12.1 Å². The third-order valence-corrected chi connectivity index (χ3v) is 3.09. The predicted molar refractivity (Wildman–Crippen MR) is 75.1 cm³/mol. The zero-order valence-electron chi connectivity index (χ0n) is 10.4. The summed E-state index contributed by atoms with van der Waals surface area (Å²) in [4.78, 5) is 12.0. The van der Waals surface area contributed by atoms with Gasteiger partial charge in [-0.1, -0.05) is 12.1 Å². The molecule has 98 valence electrons. The molecule has 2 rings (SSSR count). The first-order valence-electron chi connectivity index (χ1n) is 5.82. The first kappa shape index (κ1) is 13.6. The Kier molecular flexibility index (Phi) is 4.17. The van der Waals surface area contributed by atoms with Gasteiger partial charge in [0, 0.05) is 17.1 Å². The fourth-order valence-corrected chi connectivity index (χ4v) is 1.85. The molecule has 1 amide bonds. The number of benzene rings is 2. The molecular weight excluding hydrogens is 265 g/mol. The van der Waals surface area contributed by atoms with E-state index in [2.05, 4.69) is 5.32 Å². The molecule has 0 fully saturated rings. The maximum atomic E-state index is 13.1. The number of rotatable bonds is 3. The van der Waals surface area contributed by atoms with E-state index < -0.39 is 0 Å². The maximum Gasteiger partial charge on any atom is 0.255 e. The zero-order valence-corrected chi connectivity index (χ0v) is 11.2. The van der Waals surface area contributed by atoms with Crippen molar-refractivity contribution in [3.05, 3.63) is 65.0 Å². The van der Waals surface area contributed by atoms with Gasteiger partial charge >= 0.3 is 0 Å². The van der Waals surface area contributed by atoms with Crippen LogP contribution >= 0.6 is 11.6 Å². The van der Waals surface area contributed by atoms with Gasteiger partial charge in [0.25, 0.3) is 5.91 Å². The lowest BCUT2D eigenvalue weighted by molar-refractivity contribution is 0.102. The van der Waals surface area contributed by atoms with Crippen molar-refractivity contribution in [1.29, 1.82) is 0 Å². The summed E-state index contributed by atoms with van der Waals surface area (Å²) in [7, 11) is 0. The third-order valence-electron chi connectivity index (χ3n) is 2.79. The molecule has 0 aromatic heterocycles. The van der Waals surface area contributed by atoms with E-state index in [0.29, 0.717) is 22.7 Å². The van der Waals surface area contributed by atoms with Crippen LogP contribution in [0.5, 0.6) is 0 Å². The number of alkyl halides is 1. The van der Waals surface area contributed by atoms with Gasteiger partial charge in [0.1, 0.15) is 5.82 Å². The minimum atomic E-state index is -0.288. The Balaban J connectivity index is 2.13. The van der Waals surface area contributed by atoms with Crippen molar-refractivity contribution in [2.45, 2.75) is 12.8 Å². The molecular formula is C15H13ClFNO. The van der Waals surface area contributed by atoms with Gasteiger partial charge in [-0.3, -0.25) is 4.79 Å². The summed E-state index contributed by atoms with van der Waals surface area (Å²) in [6.07, 6.45) is 0. The van der Waals surface area contributed by atoms with Crippen LogP contribution in [0.3, 0.4) is 0 Å². The molecule has 2 aromatic carbocycles. The minimum Gasteiger partial charge on any atom is -0.322 e. The number of nitrogens with one attached hydrogen (secondary N) is 1. The molecule has 19 heavy (non-hydrogen) atoms. The highest BCUT2D eigenvalue weighted by Crippen LogP contribution is 2.15. The Hall–Kier alpha value is -1.87. The van der Waals surface area contributed by atoms with E-state index in [9.17, 15) is 9.18 Å². The lowest BCUT2D eigenvalue weighted by Crippen LogP contribution is -2.12. The quantitative estimate of drug-likeness (QED) is 0.840. The van der Waals surface area contributed by atoms with Gasteiger partial charge < -0.3 is 5.32 Å². The van der Waals surface area contributed by atoms with E-state index in [4.69, 9.17) is 11.6 Å². The van der Waals surface area contributed by atoms with E-state index in [0.717, 1.165) is 5.56 Å². The van der Waals surface area contributed by atoms with Crippen LogP contribution in [0.25, 0.3) is 0 Å². The van der Waals surface area contributed by atoms with Crippen molar-refractivity contribution >= 4 is 23.2 Å². The van der Waals surface area contributed by atoms with E-state index >= 15 is 0 Å². The first-order valence-corrected chi connectivity index (χ1v) is 6.36. The molecule has 0 spiro atoms. The number of carbonyl (C=O) groups excluding carboxylic acids is 1. The fraction of sp³-hybridized carbons (Fsp3) is 0.133. The lowest BCUT2D eigenvalue weighted by atomic mass is 10.1. The number of hydrogen-bond donors (Lipinski definition) is 1. The number of anilines is 1. The summed E-state index contributed by atoms with van der Waals surface area (Å²) in [5, 5.41) is 2.73. The Morgan fingerprint density at radius 1 is 1.21 bits per heavy atom. The van der Waals surface area contributed by atoms with Crippen molar-refractivity contribution in [1.82, 2.24) is 0 Å². The Bertz CT molecular complexity index is 596. The van der Waals surface area contributed by atoms with Crippen LogP contribution in [0.2, 0.25) is 0 Å². The molecule has 0 saturated carbocycles. The molecule has 2 nitrogen and oxygen atoms in total. The molecule has 2 aromatic rings. The van der Waals surface area contributed by atoms with Gasteiger partial charge in [0.05, 0.1) is 0 Å². The number of halogens is 2. The number of carbonyl (C=O) groups is 1. The Morgan fingerprint density at radius 2 is 1.89 bits per heavy atom. The molecule has 0 unspecified atom stereocenters. The summed E-state index contributed by atoms with van der Waals surface area (Å²) in [5.74, 6) is -0.101.